The maximum absolute atomic E-state index is 12.2. The Kier molecular flexibility index (Phi) is 4.53. The molecular weight excluding hydrogens is 276 g/mol. The molecule has 22 heavy (non-hydrogen) atoms. The number of aromatic nitrogens is 1. The van der Waals surface area contributed by atoms with E-state index in [4.69, 9.17) is 0 Å². The summed E-state index contributed by atoms with van der Waals surface area (Å²) in [6, 6.07) is 10.0. The molecular formula is C17H22N4O. The summed E-state index contributed by atoms with van der Waals surface area (Å²) in [7, 11) is 2.09. The molecule has 1 aromatic heterocycles. The van der Waals surface area contributed by atoms with Gasteiger partial charge in [-0.3, -0.25) is 9.78 Å². The van der Waals surface area contributed by atoms with Crippen molar-refractivity contribution in [1.29, 1.82) is 0 Å². The number of piperazine rings is 1. The molecule has 5 nitrogen and oxygen atoms in total. The molecule has 0 saturated carbocycles. The van der Waals surface area contributed by atoms with Gasteiger partial charge in [0.15, 0.2) is 0 Å². The lowest BCUT2D eigenvalue weighted by molar-refractivity contribution is -0.132. The molecule has 0 radical (unpaired) electrons. The molecule has 2 heterocycles. The summed E-state index contributed by atoms with van der Waals surface area (Å²) in [4.78, 5) is 20.8. The van der Waals surface area contributed by atoms with Crippen molar-refractivity contribution in [2.75, 3.05) is 45.1 Å². The molecule has 116 valence electrons. The Morgan fingerprint density at radius 1 is 1.18 bits per heavy atom. The van der Waals surface area contributed by atoms with E-state index in [1.807, 2.05) is 35.2 Å². The zero-order valence-electron chi connectivity index (χ0n) is 13.0. The van der Waals surface area contributed by atoms with Crippen LogP contribution in [0.25, 0.3) is 10.9 Å². The second kappa shape index (κ2) is 6.75. The van der Waals surface area contributed by atoms with Crippen LogP contribution in [-0.2, 0) is 4.79 Å². The molecule has 1 aliphatic rings. The van der Waals surface area contributed by atoms with E-state index in [2.05, 4.69) is 22.2 Å². The lowest BCUT2D eigenvalue weighted by atomic mass is 10.2. The number of para-hydroxylation sites is 1. The molecule has 1 aromatic carbocycles. The van der Waals surface area contributed by atoms with Gasteiger partial charge in [0, 0.05) is 50.7 Å². The Labute approximate surface area is 130 Å². The van der Waals surface area contributed by atoms with Crippen molar-refractivity contribution >= 4 is 22.5 Å². The van der Waals surface area contributed by atoms with E-state index in [0.29, 0.717) is 13.0 Å². The number of amides is 1. The fraction of sp³-hybridized carbons (Fsp3) is 0.412. The van der Waals surface area contributed by atoms with Crippen LogP contribution in [0.5, 0.6) is 0 Å². The number of rotatable bonds is 4. The molecule has 5 heteroatoms. The summed E-state index contributed by atoms with van der Waals surface area (Å²) in [5, 5.41) is 4.46. The highest BCUT2D eigenvalue weighted by Gasteiger charge is 2.18. The Bertz CT molecular complexity index is 645. The van der Waals surface area contributed by atoms with Crippen LogP contribution >= 0.6 is 0 Å². The molecule has 0 spiro atoms. The molecule has 1 fully saturated rings. The summed E-state index contributed by atoms with van der Waals surface area (Å²) in [6.45, 7) is 4.25. The fourth-order valence-electron chi connectivity index (χ4n) is 2.76. The number of hydrogen-bond donors (Lipinski definition) is 1. The summed E-state index contributed by atoms with van der Waals surface area (Å²) >= 11 is 0. The third-order valence-corrected chi connectivity index (χ3v) is 4.14. The number of carbonyl (C=O) groups excluding carboxylic acids is 1. The number of pyridine rings is 1. The fourth-order valence-corrected chi connectivity index (χ4v) is 2.76. The molecule has 0 unspecified atom stereocenters. The van der Waals surface area contributed by atoms with Crippen LogP contribution in [0.2, 0.25) is 0 Å². The number of hydrogen-bond acceptors (Lipinski definition) is 4. The van der Waals surface area contributed by atoms with Gasteiger partial charge in [-0.1, -0.05) is 18.2 Å². The van der Waals surface area contributed by atoms with Crippen LogP contribution in [0.15, 0.2) is 36.5 Å². The number of benzene rings is 1. The monoisotopic (exact) mass is 298 g/mol. The third kappa shape index (κ3) is 3.36. The Morgan fingerprint density at radius 3 is 2.77 bits per heavy atom. The molecule has 1 amide bonds. The van der Waals surface area contributed by atoms with E-state index in [1.54, 1.807) is 6.20 Å². The zero-order valence-corrected chi connectivity index (χ0v) is 13.0. The van der Waals surface area contributed by atoms with Crippen molar-refractivity contribution in [1.82, 2.24) is 14.8 Å². The Hall–Kier alpha value is -2.14. The molecule has 3 rings (SSSR count). The standard InChI is InChI=1S/C17H22N4O/c1-20-10-12-21(13-11-20)16(22)7-9-18-15-6-2-4-14-5-3-8-19-17(14)15/h2-6,8,18H,7,9-13H2,1H3. The van der Waals surface area contributed by atoms with Crippen molar-refractivity contribution < 1.29 is 4.79 Å². The summed E-state index contributed by atoms with van der Waals surface area (Å²) in [5.41, 5.74) is 1.95. The first-order valence-corrected chi connectivity index (χ1v) is 7.78. The number of nitrogens with one attached hydrogen (secondary N) is 1. The summed E-state index contributed by atoms with van der Waals surface area (Å²) < 4.78 is 0. The van der Waals surface area contributed by atoms with Gasteiger partial charge in [0.1, 0.15) is 0 Å². The minimum Gasteiger partial charge on any atom is -0.383 e. The molecule has 0 aliphatic carbocycles. The number of likely N-dealkylation sites (N-methyl/N-ethyl adjacent to an activating group) is 1. The molecule has 0 bridgehead atoms. The Balaban J connectivity index is 1.55. The van der Waals surface area contributed by atoms with Gasteiger partial charge in [-0.25, -0.2) is 0 Å². The molecule has 2 aromatic rings. The first-order valence-electron chi connectivity index (χ1n) is 7.78. The lowest BCUT2D eigenvalue weighted by Crippen LogP contribution is -2.47. The highest BCUT2D eigenvalue weighted by Crippen LogP contribution is 2.20. The van der Waals surface area contributed by atoms with E-state index in [-0.39, 0.29) is 5.91 Å². The SMILES string of the molecule is CN1CCN(C(=O)CCNc2cccc3cccnc23)CC1. The summed E-state index contributed by atoms with van der Waals surface area (Å²) in [5.74, 6) is 0.230. The quantitative estimate of drug-likeness (QED) is 0.935. The predicted octanol–water partition coefficient (Wildman–Crippen LogP) is 1.81. The number of carbonyl (C=O) groups is 1. The minimum atomic E-state index is 0.230. The molecule has 1 aliphatic heterocycles. The van der Waals surface area contributed by atoms with Crippen molar-refractivity contribution in [2.24, 2.45) is 0 Å². The van der Waals surface area contributed by atoms with Crippen LogP contribution in [0, 0.1) is 0 Å². The highest BCUT2D eigenvalue weighted by molar-refractivity contribution is 5.90. The van der Waals surface area contributed by atoms with Gasteiger partial charge in [0.25, 0.3) is 0 Å². The van der Waals surface area contributed by atoms with Crippen molar-refractivity contribution in [3.05, 3.63) is 36.5 Å². The van der Waals surface area contributed by atoms with Crippen molar-refractivity contribution in [3.8, 4) is 0 Å². The second-order valence-electron chi connectivity index (χ2n) is 5.74. The van der Waals surface area contributed by atoms with Gasteiger partial charge >= 0.3 is 0 Å². The van der Waals surface area contributed by atoms with Crippen LogP contribution in [0.1, 0.15) is 6.42 Å². The van der Waals surface area contributed by atoms with Gasteiger partial charge in [-0.2, -0.15) is 0 Å². The van der Waals surface area contributed by atoms with Gasteiger partial charge in [0.2, 0.25) is 5.91 Å². The first-order chi connectivity index (χ1) is 10.7. The topological polar surface area (TPSA) is 48.5 Å². The van der Waals surface area contributed by atoms with Crippen LogP contribution in [0.4, 0.5) is 5.69 Å². The normalized spacial score (nSPS) is 16.0. The maximum atomic E-state index is 12.2. The van der Waals surface area contributed by atoms with Crippen molar-refractivity contribution in [3.63, 3.8) is 0 Å². The molecule has 1 saturated heterocycles. The van der Waals surface area contributed by atoms with Crippen LogP contribution in [-0.4, -0.2) is 60.5 Å². The van der Waals surface area contributed by atoms with E-state index < -0.39 is 0 Å². The smallest absolute Gasteiger partial charge is 0.224 e. The van der Waals surface area contributed by atoms with E-state index in [0.717, 1.165) is 42.8 Å². The molecule has 1 N–H and O–H groups in total. The average Bonchev–Trinajstić information content (AvgIpc) is 2.55. The third-order valence-electron chi connectivity index (χ3n) is 4.14. The van der Waals surface area contributed by atoms with E-state index >= 15 is 0 Å². The summed E-state index contributed by atoms with van der Waals surface area (Å²) in [6.07, 6.45) is 2.32. The number of anilines is 1. The maximum Gasteiger partial charge on any atom is 0.224 e. The van der Waals surface area contributed by atoms with E-state index in [1.165, 1.54) is 0 Å². The Morgan fingerprint density at radius 2 is 1.95 bits per heavy atom. The zero-order chi connectivity index (χ0) is 15.4. The molecule has 0 atom stereocenters. The van der Waals surface area contributed by atoms with Gasteiger partial charge in [0.05, 0.1) is 11.2 Å². The lowest BCUT2D eigenvalue weighted by Gasteiger charge is -2.32. The largest absolute Gasteiger partial charge is 0.383 e. The average molecular weight is 298 g/mol. The van der Waals surface area contributed by atoms with E-state index in [9.17, 15) is 4.79 Å². The second-order valence-corrected chi connectivity index (χ2v) is 5.74. The highest BCUT2D eigenvalue weighted by atomic mass is 16.2. The van der Waals surface area contributed by atoms with Crippen LogP contribution in [0.3, 0.4) is 0 Å². The van der Waals surface area contributed by atoms with Crippen LogP contribution < -0.4 is 5.32 Å². The first kappa shape index (κ1) is 14.8. The predicted molar refractivity (Wildman–Crippen MR) is 88.9 cm³/mol. The van der Waals surface area contributed by atoms with Gasteiger partial charge < -0.3 is 15.1 Å². The van der Waals surface area contributed by atoms with Gasteiger partial charge in [-0.15, -0.1) is 0 Å². The van der Waals surface area contributed by atoms with Gasteiger partial charge in [-0.05, 0) is 19.2 Å². The minimum absolute atomic E-state index is 0.230. The number of fused-ring (bicyclic) bond motifs is 1. The number of nitrogens with zero attached hydrogens (tertiary/aromatic N) is 3. The van der Waals surface area contributed by atoms with Crippen molar-refractivity contribution in [2.45, 2.75) is 6.42 Å².